The van der Waals surface area contributed by atoms with Crippen LogP contribution in [-0.4, -0.2) is 29.1 Å². The predicted molar refractivity (Wildman–Crippen MR) is 64.8 cm³/mol. The summed E-state index contributed by atoms with van der Waals surface area (Å²) < 4.78 is 0. The molecule has 0 heterocycles. The number of hydrogen-bond acceptors (Lipinski definition) is 2. The molecule has 4 heteroatoms. The van der Waals surface area contributed by atoms with E-state index in [0.717, 1.165) is 5.56 Å². The highest BCUT2D eigenvalue weighted by molar-refractivity contribution is 5.90. The molecule has 16 heavy (non-hydrogen) atoms. The van der Waals surface area contributed by atoms with Crippen molar-refractivity contribution >= 4 is 11.7 Å². The molecule has 0 fully saturated rings. The zero-order chi connectivity index (χ0) is 12.1. The van der Waals surface area contributed by atoms with Crippen molar-refractivity contribution in [1.29, 1.82) is 0 Å². The molecule has 4 nitrogen and oxygen atoms in total. The van der Waals surface area contributed by atoms with Gasteiger partial charge >= 0.3 is 6.03 Å². The Morgan fingerprint density at radius 1 is 1.38 bits per heavy atom. The van der Waals surface area contributed by atoms with Crippen molar-refractivity contribution < 1.29 is 9.90 Å². The highest BCUT2D eigenvalue weighted by Crippen LogP contribution is 2.24. The Morgan fingerprint density at radius 3 is 2.50 bits per heavy atom. The summed E-state index contributed by atoms with van der Waals surface area (Å²) in [4.78, 5) is 13.4. The van der Waals surface area contributed by atoms with Gasteiger partial charge < -0.3 is 15.3 Å². The summed E-state index contributed by atoms with van der Waals surface area (Å²) in [7, 11) is 0. The largest absolute Gasteiger partial charge is 0.506 e. The topological polar surface area (TPSA) is 52.6 Å². The van der Waals surface area contributed by atoms with Crippen molar-refractivity contribution in [2.75, 3.05) is 18.4 Å². The first-order valence-corrected chi connectivity index (χ1v) is 5.44. The minimum Gasteiger partial charge on any atom is -0.506 e. The summed E-state index contributed by atoms with van der Waals surface area (Å²) in [5.74, 6) is 0.0977. The number of nitrogens with zero attached hydrogens (tertiary/aromatic N) is 1. The summed E-state index contributed by atoms with van der Waals surface area (Å²) in [6.07, 6.45) is 0. The molecule has 0 aliphatic heterocycles. The second-order valence-corrected chi connectivity index (χ2v) is 3.62. The second-order valence-electron chi connectivity index (χ2n) is 3.62. The van der Waals surface area contributed by atoms with E-state index in [1.54, 1.807) is 17.0 Å². The first-order chi connectivity index (χ1) is 7.58. The Bertz CT molecular complexity index is 373. The molecule has 2 N–H and O–H groups in total. The van der Waals surface area contributed by atoms with Gasteiger partial charge in [-0.05, 0) is 38.5 Å². The van der Waals surface area contributed by atoms with Gasteiger partial charge in [-0.2, -0.15) is 0 Å². The number of phenolic OH excluding ortho intramolecular Hbond substituents is 1. The van der Waals surface area contributed by atoms with Crippen LogP contribution in [-0.2, 0) is 0 Å². The third kappa shape index (κ3) is 2.89. The van der Waals surface area contributed by atoms with Crippen molar-refractivity contribution in [3.8, 4) is 5.75 Å². The fourth-order valence-corrected chi connectivity index (χ4v) is 1.45. The number of anilines is 1. The Kier molecular flexibility index (Phi) is 4.17. The molecule has 1 rings (SSSR count). The van der Waals surface area contributed by atoms with Gasteiger partial charge in [-0.25, -0.2) is 4.79 Å². The first-order valence-electron chi connectivity index (χ1n) is 5.44. The van der Waals surface area contributed by atoms with Crippen LogP contribution in [0.15, 0.2) is 18.2 Å². The van der Waals surface area contributed by atoms with Gasteiger partial charge in [0.25, 0.3) is 0 Å². The standard InChI is InChI=1S/C12H18N2O2/c1-4-14(5-2)12(16)13-10-7-6-9(3)8-11(10)15/h6-8,15H,4-5H2,1-3H3,(H,13,16). The zero-order valence-electron chi connectivity index (χ0n) is 9.95. The number of amides is 2. The smallest absolute Gasteiger partial charge is 0.321 e. The molecule has 0 radical (unpaired) electrons. The monoisotopic (exact) mass is 222 g/mol. The lowest BCUT2D eigenvalue weighted by atomic mass is 10.2. The maximum atomic E-state index is 11.7. The average Bonchev–Trinajstić information content (AvgIpc) is 2.24. The molecule has 1 aromatic carbocycles. The number of phenols is 1. The van der Waals surface area contributed by atoms with Crippen LogP contribution in [0.1, 0.15) is 19.4 Å². The van der Waals surface area contributed by atoms with Crippen LogP contribution in [0.5, 0.6) is 5.75 Å². The summed E-state index contributed by atoms with van der Waals surface area (Å²) in [6.45, 7) is 7.01. The van der Waals surface area contributed by atoms with Crippen LogP contribution in [0.3, 0.4) is 0 Å². The maximum absolute atomic E-state index is 11.7. The second kappa shape index (κ2) is 5.39. The Morgan fingerprint density at radius 2 is 2.00 bits per heavy atom. The third-order valence-electron chi connectivity index (χ3n) is 2.45. The van der Waals surface area contributed by atoms with Crippen LogP contribution in [0, 0.1) is 6.92 Å². The average molecular weight is 222 g/mol. The van der Waals surface area contributed by atoms with Gasteiger partial charge in [0.05, 0.1) is 5.69 Å². The number of aryl methyl sites for hydroxylation is 1. The molecule has 0 atom stereocenters. The van der Waals surface area contributed by atoms with E-state index in [0.29, 0.717) is 18.8 Å². The van der Waals surface area contributed by atoms with Gasteiger partial charge in [-0.15, -0.1) is 0 Å². The van der Waals surface area contributed by atoms with Crippen molar-refractivity contribution in [2.45, 2.75) is 20.8 Å². The number of carbonyl (C=O) groups is 1. The Hall–Kier alpha value is -1.71. The van der Waals surface area contributed by atoms with Crippen molar-refractivity contribution in [2.24, 2.45) is 0 Å². The number of carbonyl (C=O) groups excluding carboxylic acids is 1. The SMILES string of the molecule is CCN(CC)C(=O)Nc1ccc(C)cc1O. The minimum absolute atomic E-state index is 0.0977. The molecule has 0 aliphatic rings. The number of urea groups is 1. The van der Waals surface area contributed by atoms with Gasteiger partial charge in [0.15, 0.2) is 0 Å². The van der Waals surface area contributed by atoms with Gasteiger partial charge in [0, 0.05) is 13.1 Å². The van der Waals surface area contributed by atoms with Crippen molar-refractivity contribution in [3.63, 3.8) is 0 Å². The van der Waals surface area contributed by atoms with E-state index in [9.17, 15) is 9.90 Å². The van der Waals surface area contributed by atoms with E-state index in [4.69, 9.17) is 0 Å². The van der Waals surface area contributed by atoms with Gasteiger partial charge in [-0.1, -0.05) is 6.07 Å². The van der Waals surface area contributed by atoms with Gasteiger partial charge in [0.1, 0.15) is 5.75 Å². The maximum Gasteiger partial charge on any atom is 0.321 e. The number of benzene rings is 1. The number of rotatable bonds is 3. The number of aromatic hydroxyl groups is 1. The van der Waals surface area contributed by atoms with Gasteiger partial charge in [0.2, 0.25) is 0 Å². The quantitative estimate of drug-likeness (QED) is 0.772. The summed E-state index contributed by atoms with van der Waals surface area (Å²) in [5, 5.41) is 12.3. The van der Waals surface area contributed by atoms with Crippen LogP contribution >= 0.6 is 0 Å². The van der Waals surface area contributed by atoms with Gasteiger partial charge in [-0.3, -0.25) is 0 Å². The lowest BCUT2D eigenvalue weighted by Gasteiger charge is -2.19. The van der Waals surface area contributed by atoms with Crippen molar-refractivity contribution in [3.05, 3.63) is 23.8 Å². The molecule has 0 saturated carbocycles. The highest BCUT2D eigenvalue weighted by Gasteiger charge is 2.11. The molecule has 0 aromatic heterocycles. The molecule has 0 unspecified atom stereocenters. The van der Waals surface area contributed by atoms with E-state index in [1.807, 2.05) is 26.8 Å². The molecule has 1 aromatic rings. The zero-order valence-corrected chi connectivity index (χ0v) is 9.95. The molecule has 0 saturated heterocycles. The van der Waals surface area contributed by atoms with Crippen LogP contribution in [0.2, 0.25) is 0 Å². The van der Waals surface area contributed by atoms with E-state index in [2.05, 4.69) is 5.32 Å². The lowest BCUT2D eigenvalue weighted by molar-refractivity contribution is 0.217. The fourth-order valence-electron chi connectivity index (χ4n) is 1.45. The van der Waals surface area contributed by atoms with E-state index >= 15 is 0 Å². The third-order valence-corrected chi connectivity index (χ3v) is 2.45. The Labute approximate surface area is 95.9 Å². The predicted octanol–water partition coefficient (Wildman–Crippen LogP) is 2.57. The van der Waals surface area contributed by atoms with Crippen LogP contribution in [0.25, 0.3) is 0 Å². The number of nitrogens with one attached hydrogen (secondary N) is 1. The Balaban J connectivity index is 2.76. The molecular weight excluding hydrogens is 204 g/mol. The normalized spacial score (nSPS) is 9.94. The summed E-state index contributed by atoms with van der Waals surface area (Å²) in [5.41, 5.74) is 1.40. The fraction of sp³-hybridized carbons (Fsp3) is 0.417. The molecule has 0 spiro atoms. The molecular formula is C12H18N2O2. The van der Waals surface area contributed by atoms with Crippen LogP contribution in [0.4, 0.5) is 10.5 Å². The highest BCUT2D eigenvalue weighted by atomic mass is 16.3. The van der Waals surface area contributed by atoms with E-state index in [1.165, 1.54) is 0 Å². The first kappa shape index (κ1) is 12.4. The van der Waals surface area contributed by atoms with Crippen molar-refractivity contribution in [1.82, 2.24) is 4.90 Å². The molecule has 0 aliphatic carbocycles. The number of hydrogen-bond donors (Lipinski definition) is 2. The summed E-state index contributed by atoms with van der Waals surface area (Å²) >= 11 is 0. The minimum atomic E-state index is -0.191. The van der Waals surface area contributed by atoms with Crippen LogP contribution < -0.4 is 5.32 Å². The molecule has 0 bridgehead atoms. The molecule has 2 amide bonds. The summed E-state index contributed by atoms with van der Waals surface area (Å²) in [6, 6.07) is 4.98. The lowest BCUT2D eigenvalue weighted by Crippen LogP contribution is -2.34. The van der Waals surface area contributed by atoms with E-state index in [-0.39, 0.29) is 11.8 Å². The molecule has 88 valence electrons. The van der Waals surface area contributed by atoms with E-state index < -0.39 is 0 Å².